The molecular formula is C15H17ClN2O5. The smallest absolute Gasteiger partial charge is 0.308 e. The number of carboxylic acids is 1. The van der Waals surface area contributed by atoms with Crippen molar-refractivity contribution in [3.8, 4) is 0 Å². The van der Waals surface area contributed by atoms with Crippen LogP contribution >= 0.6 is 11.6 Å². The van der Waals surface area contributed by atoms with Crippen molar-refractivity contribution >= 4 is 29.2 Å². The summed E-state index contributed by atoms with van der Waals surface area (Å²) in [6.07, 6.45) is 3.72. The fourth-order valence-corrected chi connectivity index (χ4v) is 3.08. The third kappa shape index (κ3) is 4.19. The van der Waals surface area contributed by atoms with E-state index in [1.54, 1.807) is 0 Å². The standard InChI is InChI=1S/C15H17ClN2O5/c16-12-8-9(18(22)23)6-7-10(12)14(19)17-13-5-3-1-2-4-11(13)15(20)21/h6-8,11,13H,1-5H2,(H,17,19)(H,20,21)/t11-,13+/m1/s1. The molecule has 0 aliphatic heterocycles. The van der Waals surface area contributed by atoms with Crippen molar-refractivity contribution in [2.75, 3.05) is 0 Å². The number of amides is 1. The second-order valence-electron chi connectivity index (χ2n) is 5.58. The topological polar surface area (TPSA) is 110 Å². The zero-order valence-corrected chi connectivity index (χ0v) is 13.1. The molecule has 0 unspecified atom stereocenters. The molecule has 23 heavy (non-hydrogen) atoms. The maximum atomic E-state index is 12.3. The van der Waals surface area contributed by atoms with Crippen LogP contribution in [-0.4, -0.2) is 27.9 Å². The zero-order chi connectivity index (χ0) is 17.0. The fourth-order valence-electron chi connectivity index (χ4n) is 2.82. The molecule has 2 rings (SSSR count). The largest absolute Gasteiger partial charge is 0.481 e. The van der Waals surface area contributed by atoms with Crippen molar-refractivity contribution in [1.82, 2.24) is 5.32 Å². The normalized spacial score (nSPS) is 21.3. The lowest BCUT2D eigenvalue weighted by atomic mass is 9.94. The molecule has 0 heterocycles. The number of carbonyl (C=O) groups is 2. The van der Waals surface area contributed by atoms with Crippen LogP contribution in [0.15, 0.2) is 18.2 Å². The van der Waals surface area contributed by atoms with Gasteiger partial charge in [0.25, 0.3) is 11.6 Å². The Kier molecular flexibility index (Phi) is 5.54. The summed E-state index contributed by atoms with van der Waals surface area (Å²) in [5.74, 6) is -2.06. The molecule has 8 heteroatoms. The van der Waals surface area contributed by atoms with E-state index in [0.717, 1.165) is 25.3 Å². The Morgan fingerprint density at radius 2 is 1.96 bits per heavy atom. The molecule has 0 spiro atoms. The Hall–Kier alpha value is -2.15. The van der Waals surface area contributed by atoms with E-state index in [1.165, 1.54) is 12.1 Å². The van der Waals surface area contributed by atoms with Gasteiger partial charge in [-0.25, -0.2) is 0 Å². The third-order valence-electron chi connectivity index (χ3n) is 4.06. The predicted molar refractivity (Wildman–Crippen MR) is 83.6 cm³/mol. The summed E-state index contributed by atoms with van der Waals surface area (Å²) < 4.78 is 0. The minimum Gasteiger partial charge on any atom is -0.481 e. The van der Waals surface area contributed by atoms with E-state index in [1.807, 2.05) is 0 Å². The van der Waals surface area contributed by atoms with Crippen LogP contribution in [0.5, 0.6) is 0 Å². The highest BCUT2D eigenvalue weighted by Gasteiger charge is 2.31. The number of carbonyl (C=O) groups excluding carboxylic acids is 1. The molecule has 0 bridgehead atoms. The molecule has 1 aromatic carbocycles. The summed E-state index contributed by atoms with van der Waals surface area (Å²) in [5, 5.41) is 22.7. The third-order valence-corrected chi connectivity index (χ3v) is 4.37. The minimum atomic E-state index is -0.924. The summed E-state index contributed by atoms with van der Waals surface area (Å²) in [5.41, 5.74) is -0.102. The average molecular weight is 341 g/mol. The Labute approximate surface area is 137 Å². The fraction of sp³-hybridized carbons (Fsp3) is 0.467. The number of nitro benzene ring substituents is 1. The number of rotatable bonds is 4. The summed E-state index contributed by atoms with van der Waals surface area (Å²) in [7, 11) is 0. The van der Waals surface area contributed by atoms with Gasteiger partial charge < -0.3 is 10.4 Å². The first-order valence-electron chi connectivity index (χ1n) is 7.37. The van der Waals surface area contributed by atoms with Crippen LogP contribution in [0, 0.1) is 16.0 Å². The SMILES string of the molecule is O=C(N[C@H]1CCCCC[C@H]1C(=O)O)c1ccc([N+](=O)[O-])cc1Cl. The molecule has 1 aliphatic carbocycles. The van der Waals surface area contributed by atoms with Gasteiger partial charge in [-0.2, -0.15) is 0 Å². The van der Waals surface area contributed by atoms with Crippen LogP contribution < -0.4 is 5.32 Å². The van der Waals surface area contributed by atoms with Gasteiger partial charge in [0.15, 0.2) is 0 Å². The first kappa shape index (κ1) is 17.2. The first-order chi connectivity index (χ1) is 10.9. The number of carboxylic acid groups (broad SMARTS) is 1. The van der Waals surface area contributed by atoms with Crippen molar-refractivity contribution in [3.05, 3.63) is 38.9 Å². The summed E-state index contributed by atoms with van der Waals surface area (Å²) in [4.78, 5) is 33.8. The average Bonchev–Trinajstić information content (AvgIpc) is 2.72. The highest BCUT2D eigenvalue weighted by atomic mass is 35.5. The van der Waals surface area contributed by atoms with Crippen molar-refractivity contribution in [1.29, 1.82) is 0 Å². The Morgan fingerprint density at radius 3 is 2.57 bits per heavy atom. The van der Waals surface area contributed by atoms with E-state index >= 15 is 0 Å². The first-order valence-corrected chi connectivity index (χ1v) is 7.75. The van der Waals surface area contributed by atoms with E-state index in [-0.39, 0.29) is 16.3 Å². The van der Waals surface area contributed by atoms with Gasteiger partial charge in [-0.3, -0.25) is 19.7 Å². The number of hydrogen-bond donors (Lipinski definition) is 2. The van der Waals surface area contributed by atoms with Gasteiger partial charge in [-0.1, -0.05) is 30.9 Å². The molecule has 0 aromatic heterocycles. The molecule has 124 valence electrons. The van der Waals surface area contributed by atoms with Crippen molar-refractivity contribution in [2.24, 2.45) is 5.92 Å². The second kappa shape index (κ2) is 7.41. The maximum Gasteiger partial charge on any atom is 0.308 e. The quantitative estimate of drug-likeness (QED) is 0.497. The molecule has 2 N–H and O–H groups in total. The zero-order valence-electron chi connectivity index (χ0n) is 12.3. The molecule has 0 saturated heterocycles. The number of aliphatic carboxylic acids is 1. The van der Waals surface area contributed by atoms with Crippen LogP contribution in [-0.2, 0) is 4.79 Å². The summed E-state index contributed by atoms with van der Waals surface area (Å²) in [6, 6.07) is 3.12. The Bertz CT molecular complexity index is 634. The van der Waals surface area contributed by atoms with Crippen LogP contribution in [0.2, 0.25) is 5.02 Å². The van der Waals surface area contributed by atoms with Crippen molar-refractivity contribution < 1.29 is 19.6 Å². The monoisotopic (exact) mass is 340 g/mol. The van der Waals surface area contributed by atoms with Crippen LogP contribution in [0.3, 0.4) is 0 Å². The van der Waals surface area contributed by atoms with Gasteiger partial charge in [0.05, 0.1) is 21.4 Å². The summed E-state index contributed by atoms with van der Waals surface area (Å²) >= 11 is 5.94. The number of non-ortho nitro benzene ring substituents is 1. The second-order valence-corrected chi connectivity index (χ2v) is 5.99. The van der Waals surface area contributed by atoms with Crippen LogP contribution in [0.4, 0.5) is 5.69 Å². The lowest BCUT2D eigenvalue weighted by Crippen LogP contribution is -2.42. The van der Waals surface area contributed by atoms with E-state index < -0.39 is 28.8 Å². The Balaban J connectivity index is 2.16. The number of nitrogens with zero attached hydrogens (tertiary/aromatic N) is 1. The molecular weight excluding hydrogens is 324 g/mol. The molecule has 1 saturated carbocycles. The van der Waals surface area contributed by atoms with E-state index in [4.69, 9.17) is 11.6 Å². The van der Waals surface area contributed by atoms with Gasteiger partial charge in [0.2, 0.25) is 0 Å². The molecule has 2 atom stereocenters. The number of hydrogen-bond acceptors (Lipinski definition) is 4. The highest BCUT2D eigenvalue weighted by Crippen LogP contribution is 2.26. The van der Waals surface area contributed by atoms with Crippen molar-refractivity contribution in [2.45, 2.75) is 38.1 Å². The van der Waals surface area contributed by atoms with Gasteiger partial charge >= 0.3 is 5.97 Å². The summed E-state index contributed by atoms with van der Waals surface area (Å²) in [6.45, 7) is 0. The molecule has 1 fully saturated rings. The van der Waals surface area contributed by atoms with Gasteiger partial charge in [0.1, 0.15) is 0 Å². The van der Waals surface area contributed by atoms with Gasteiger partial charge in [-0.05, 0) is 18.9 Å². The van der Waals surface area contributed by atoms with E-state index in [9.17, 15) is 24.8 Å². The minimum absolute atomic E-state index is 0.0304. The van der Waals surface area contributed by atoms with Crippen molar-refractivity contribution in [3.63, 3.8) is 0 Å². The van der Waals surface area contributed by atoms with Crippen LogP contribution in [0.1, 0.15) is 42.5 Å². The molecule has 0 radical (unpaired) electrons. The van der Waals surface area contributed by atoms with E-state index in [0.29, 0.717) is 12.8 Å². The number of nitrogens with one attached hydrogen (secondary N) is 1. The lowest BCUT2D eigenvalue weighted by Gasteiger charge is -2.23. The van der Waals surface area contributed by atoms with Crippen LogP contribution in [0.25, 0.3) is 0 Å². The predicted octanol–water partition coefficient (Wildman–Crippen LogP) is 3.01. The highest BCUT2D eigenvalue weighted by molar-refractivity contribution is 6.34. The number of nitro groups is 1. The molecule has 1 aliphatic rings. The number of benzene rings is 1. The van der Waals surface area contributed by atoms with E-state index in [2.05, 4.69) is 5.32 Å². The molecule has 1 aromatic rings. The lowest BCUT2D eigenvalue weighted by molar-refractivity contribution is -0.384. The number of halogens is 1. The molecule has 7 nitrogen and oxygen atoms in total. The Morgan fingerprint density at radius 1 is 1.26 bits per heavy atom. The molecule has 1 amide bonds. The van der Waals surface area contributed by atoms with Gasteiger partial charge in [-0.15, -0.1) is 0 Å². The maximum absolute atomic E-state index is 12.3. The van der Waals surface area contributed by atoms with Gasteiger partial charge in [0, 0.05) is 18.2 Å².